The lowest BCUT2D eigenvalue weighted by atomic mass is 9.98. The number of nitrogens with one attached hydrogen (secondary N) is 1. The second-order valence-corrected chi connectivity index (χ2v) is 5.03. The Morgan fingerprint density at radius 3 is 2.44 bits per heavy atom. The van der Waals surface area contributed by atoms with Gasteiger partial charge >= 0.3 is 11.8 Å². The fourth-order valence-electron chi connectivity index (χ4n) is 2.18. The Hall–Kier alpha value is -1.10. The van der Waals surface area contributed by atoms with Gasteiger partial charge < -0.3 is 15.1 Å². The zero-order valence-corrected chi connectivity index (χ0v) is 11.9. The van der Waals surface area contributed by atoms with Crippen LogP contribution in [-0.2, 0) is 9.59 Å². The fraction of sp³-hybridized carbons (Fsp3) is 0.846. The van der Waals surface area contributed by atoms with Crippen LogP contribution in [0.4, 0.5) is 0 Å². The summed E-state index contributed by atoms with van der Waals surface area (Å²) in [4.78, 5) is 26.7. The van der Waals surface area contributed by atoms with E-state index in [9.17, 15) is 9.59 Å². The van der Waals surface area contributed by atoms with Crippen LogP contribution in [0.5, 0.6) is 0 Å². The molecule has 1 saturated heterocycles. The third kappa shape index (κ3) is 3.45. The molecule has 0 saturated carbocycles. The summed E-state index contributed by atoms with van der Waals surface area (Å²) in [7, 11) is 1.67. The minimum Gasteiger partial charge on any atom is -0.336 e. The molecule has 2 atom stereocenters. The van der Waals surface area contributed by atoms with E-state index in [-0.39, 0.29) is 17.9 Å². The molecule has 1 rings (SSSR count). The average molecular weight is 255 g/mol. The number of likely N-dealkylation sites (N-methyl/N-ethyl adjacent to an activating group) is 2. The quantitative estimate of drug-likeness (QED) is 0.695. The highest BCUT2D eigenvalue weighted by Gasteiger charge is 2.32. The van der Waals surface area contributed by atoms with Crippen molar-refractivity contribution in [1.82, 2.24) is 15.1 Å². The number of hydrogen-bond acceptors (Lipinski definition) is 3. The summed E-state index contributed by atoms with van der Waals surface area (Å²) in [6.45, 7) is 9.16. The normalized spacial score (nSPS) is 20.2. The van der Waals surface area contributed by atoms with Crippen molar-refractivity contribution < 1.29 is 9.59 Å². The highest BCUT2D eigenvalue weighted by Crippen LogP contribution is 2.11. The van der Waals surface area contributed by atoms with Crippen LogP contribution in [-0.4, -0.2) is 60.9 Å². The zero-order chi connectivity index (χ0) is 13.7. The molecule has 0 aromatic rings. The summed E-state index contributed by atoms with van der Waals surface area (Å²) in [6, 6.07) is 0.264. The van der Waals surface area contributed by atoms with Crippen LogP contribution in [0.2, 0.25) is 0 Å². The van der Waals surface area contributed by atoms with Crippen molar-refractivity contribution in [1.29, 1.82) is 0 Å². The molecule has 1 aliphatic heterocycles. The molecule has 1 N–H and O–H groups in total. The molecular formula is C13H25N3O2. The Bertz CT molecular complexity index is 307. The summed E-state index contributed by atoms with van der Waals surface area (Å²) in [6.07, 6.45) is 1.06. The topological polar surface area (TPSA) is 52.6 Å². The van der Waals surface area contributed by atoms with E-state index in [2.05, 4.69) is 26.1 Å². The maximum absolute atomic E-state index is 11.9. The molecule has 1 aliphatic rings. The summed E-state index contributed by atoms with van der Waals surface area (Å²) in [5.74, 6) is -0.261. The molecule has 0 bridgehead atoms. The molecule has 1 fully saturated rings. The molecule has 0 radical (unpaired) electrons. The predicted molar refractivity (Wildman–Crippen MR) is 71.1 cm³/mol. The maximum Gasteiger partial charge on any atom is 0.312 e. The van der Waals surface area contributed by atoms with E-state index in [0.717, 1.165) is 13.0 Å². The molecule has 0 aromatic carbocycles. The first-order valence-electron chi connectivity index (χ1n) is 6.78. The highest BCUT2D eigenvalue weighted by molar-refractivity contribution is 6.35. The first-order valence-corrected chi connectivity index (χ1v) is 6.78. The molecule has 104 valence electrons. The van der Waals surface area contributed by atoms with Gasteiger partial charge in [0.1, 0.15) is 0 Å². The van der Waals surface area contributed by atoms with Gasteiger partial charge in [-0.05, 0) is 12.5 Å². The molecule has 1 heterocycles. The first kappa shape index (κ1) is 15.0. The van der Waals surface area contributed by atoms with Gasteiger partial charge in [-0.25, -0.2) is 0 Å². The molecule has 0 aliphatic carbocycles. The lowest BCUT2D eigenvalue weighted by Crippen LogP contribution is -2.56. The first-order chi connectivity index (χ1) is 8.51. The zero-order valence-electron chi connectivity index (χ0n) is 11.9. The fourth-order valence-corrected chi connectivity index (χ4v) is 2.18. The number of hydrogen-bond donors (Lipinski definition) is 1. The van der Waals surface area contributed by atoms with E-state index in [1.54, 1.807) is 11.9 Å². The van der Waals surface area contributed by atoms with Gasteiger partial charge in [0.2, 0.25) is 0 Å². The van der Waals surface area contributed by atoms with Crippen molar-refractivity contribution in [2.24, 2.45) is 5.92 Å². The molecule has 0 spiro atoms. The van der Waals surface area contributed by atoms with E-state index in [1.165, 1.54) is 4.90 Å². The lowest BCUT2D eigenvalue weighted by molar-refractivity contribution is -0.155. The number of rotatable bonds is 6. The van der Waals surface area contributed by atoms with Gasteiger partial charge in [-0.2, -0.15) is 0 Å². The Kier molecular flexibility index (Phi) is 5.59. The summed E-state index contributed by atoms with van der Waals surface area (Å²) >= 11 is 0. The van der Waals surface area contributed by atoms with Gasteiger partial charge in [0, 0.05) is 32.7 Å². The second-order valence-electron chi connectivity index (χ2n) is 5.03. The summed E-state index contributed by atoms with van der Waals surface area (Å²) in [5, 5.41) is 3.41. The van der Waals surface area contributed by atoms with Crippen molar-refractivity contribution in [2.45, 2.75) is 33.2 Å². The van der Waals surface area contributed by atoms with Crippen molar-refractivity contribution in [2.75, 3.05) is 33.2 Å². The van der Waals surface area contributed by atoms with Crippen molar-refractivity contribution in [3.8, 4) is 0 Å². The van der Waals surface area contributed by atoms with E-state index < -0.39 is 0 Å². The van der Waals surface area contributed by atoms with Crippen LogP contribution in [0.1, 0.15) is 27.2 Å². The van der Waals surface area contributed by atoms with Crippen molar-refractivity contribution in [3.63, 3.8) is 0 Å². The van der Waals surface area contributed by atoms with Crippen LogP contribution >= 0.6 is 0 Å². The predicted octanol–water partition coefficient (Wildman–Crippen LogP) is 0.311. The minimum absolute atomic E-state index is 0.264. The molecule has 18 heavy (non-hydrogen) atoms. The largest absolute Gasteiger partial charge is 0.336 e. The minimum atomic E-state index is -0.388. The third-order valence-corrected chi connectivity index (χ3v) is 3.74. The van der Waals surface area contributed by atoms with Crippen molar-refractivity contribution in [3.05, 3.63) is 0 Å². The number of piperazine rings is 1. The summed E-state index contributed by atoms with van der Waals surface area (Å²) < 4.78 is 0. The number of carbonyl (C=O) groups is 2. The van der Waals surface area contributed by atoms with Crippen molar-refractivity contribution >= 4 is 11.8 Å². The molecule has 2 unspecified atom stereocenters. The lowest BCUT2D eigenvalue weighted by Gasteiger charge is -2.35. The summed E-state index contributed by atoms with van der Waals surface area (Å²) in [5.41, 5.74) is 0. The number of nitrogens with zero attached hydrogens (tertiary/aromatic N) is 2. The number of carbonyl (C=O) groups excluding carboxylic acids is 2. The van der Waals surface area contributed by atoms with E-state index in [4.69, 9.17) is 0 Å². The Labute approximate surface area is 110 Å². The Morgan fingerprint density at radius 2 is 1.89 bits per heavy atom. The Balaban J connectivity index is 2.63. The smallest absolute Gasteiger partial charge is 0.312 e. The monoisotopic (exact) mass is 255 g/mol. The highest BCUT2D eigenvalue weighted by atomic mass is 16.2. The molecule has 5 nitrogen and oxygen atoms in total. The van der Waals surface area contributed by atoms with E-state index >= 15 is 0 Å². The van der Waals surface area contributed by atoms with Gasteiger partial charge in [0.05, 0.1) is 0 Å². The van der Waals surface area contributed by atoms with Crippen LogP contribution in [0, 0.1) is 5.92 Å². The molecule has 0 aromatic heterocycles. The van der Waals surface area contributed by atoms with Gasteiger partial charge in [-0.3, -0.25) is 9.59 Å². The van der Waals surface area contributed by atoms with Crippen LogP contribution < -0.4 is 5.32 Å². The van der Waals surface area contributed by atoms with Gasteiger partial charge in [-0.15, -0.1) is 0 Å². The average Bonchev–Trinajstić information content (AvgIpc) is 2.37. The maximum atomic E-state index is 11.9. The van der Waals surface area contributed by atoms with Gasteiger partial charge in [0.25, 0.3) is 0 Å². The number of amides is 2. The SMILES string of the molecule is CCNC(CN1CCN(C)C(=O)C1=O)C(C)CC. The van der Waals surface area contributed by atoms with Crippen LogP contribution in [0.25, 0.3) is 0 Å². The van der Waals surface area contributed by atoms with E-state index in [1.807, 2.05) is 0 Å². The van der Waals surface area contributed by atoms with Crippen LogP contribution in [0.15, 0.2) is 0 Å². The standard InChI is InChI=1S/C13H25N3O2/c1-5-10(3)11(14-6-2)9-16-8-7-15(4)12(17)13(16)18/h10-11,14H,5-9H2,1-4H3. The third-order valence-electron chi connectivity index (χ3n) is 3.74. The van der Waals surface area contributed by atoms with Gasteiger partial charge in [0.15, 0.2) is 0 Å². The Morgan fingerprint density at radius 1 is 1.22 bits per heavy atom. The second kappa shape index (κ2) is 6.73. The van der Waals surface area contributed by atoms with Crippen LogP contribution in [0.3, 0.4) is 0 Å². The van der Waals surface area contributed by atoms with Gasteiger partial charge in [-0.1, -0.05) is 27.2 Å². The molecule has 5 heteroatoms. The molecular weight excluding hydrogens is 230 g/mol. The van der Waals surface area contributed by atoms with E-state index in [0.29, 0.717) is 25.6 Å². The molecule has 2 amide bonds.